The minimum Gasteiger partial charge on any atom is -0.465 e. The summed E-state index contributed by atoms with van der Waals surface area (Å²) in [5.74, 6) is -1.90. The Morgan fingerprint density at radius 2 is 1.69 bits per heavy atom. The Morgan fingerprint density at radius 1 is 1.00 bits per heavy atom. The van der Waals surface area contributed by atoms with Crippen molar-refractivity contribution in [3.63, 3.8) is 0 Å². The lowest BCUT2D eigenvalue weighted by atomic mass is 9.80. The van der Waals surface area contributed by atoms with Crippen LogP contribution in [0.15, 0.2) is 54.6 Å². The summed E-state index contributed by atoms with van der Waals surface area (Å²) in [6.07, 6.45) is -5.33. The maximum absolute atomic E-state index is 13.0. The molecule has 0 radical (unpaired) electrons. The third kappa shape index (κ3) is 9.11. The lowest BCUT2D eigenvalue weighted by molar-refractivity contribution is -0.137. The number of carbonyl (C=O) groups is 4. The predicted octanol–water partition coefficient (Wildman–Crippen LogP) is 5.12. The Hall–Kier alpha value is -4.29. The molecule has 3 rings (SSSR count). The van der Waals surface area contributed by atoms with Crippen LogP contribution in [-0.4, -0.2) is 64.8 Å². The lowest BCUT2D eigenvalue weighted by Gasteiger charge is -2.45. The van der Waals surface area contributed by atoms with Crippen LogP contribution in [0.3, 0.4) is 0 Å². The van der Waals surface area contributed by atoms with E-state index in [4.69, 9.17) is 4.74 Å². The number of para-hydroxylation sites is 1. The van der Waals surface area contributed by atoms with Gasteiger partial charge in [0.1, 0.15) is 0 Å². The van der Waals surface area contributed by atoms with Gasteiger partial charge in [-0.1, -0.05) is 24.3 Å². The third-order valence-corrected chi connectivity index (χ3v) is 6.91. The van der Waals surface area contributed by atoms with E-state index in [-0.39, 0.29) is 12.2 Å². The molecule has 10 nitrogen and oxygen atoms in total. The van der Waals surface area contributed by atoms with Gasteiger partial charge in [-0.05, 0) is 70.4 Å². The van der Waals surface area contributed by atoms with Gasteiger partial charge in [-0.2, -0.15) is 13.2 Å². The molecular weight excluding hydrogens is 557 g/mol. The molecule has 13 heteroatoms. The molecule has 1 saturated carbocycles. The highest BCUT2D eigenvalue weighted by atomic mass is 19.4. The minimum absolute atomic E-state index is 0.117. The van der Waals surface area contributed by atoms with E-state index in [2.05, 4.69) is 16.0 Å². The molecular formula is C29H35F3N4O6. The highest BCUT2D eigenvalue weighted by Crippen LogP contribution is 2.33. The zero-order chi connectivity index (χ0) is 31.1. The van der Waals surface area contributed by atoms with Crippen LogP contribution in [0, 0.1) is 5.92 Å². The van der Waals surface area contributed by atoms with Crippen LogP contribution in [0.4, 0.5) is 28.4 Å². The first-order chi connectivity index (χ1) is 19.6. The molecule has 0 spiro atoms. The molecule has 0 heterocycles. The van der Waals surface area contributed by atoms with Crippen LogP contribution in [-0.2, 0) is 15.7 Å². The highest BCUT2D eigenvalue weighted by molar-refractivity contribution is 5.96. The number of carbonyl (C=O) groups excluding carboxylic acids is 3. The van der Waals surface area contributed by atoms with E-state index >= 15 is 0 Å². The number of hydrogen-bond donors (Lipinski definition) is 4. The molecule has 0 bridgehead atoms. The molecule has 228 valence electrons. The van der Waals surface area contributed by atoms with Crippen molar-refractivity contribution in [2.24, 2.45) is 5.92 Å². The van der Waals surface area contributed by atoms with Crippen molar-refractivity contribution in [3.05, 3.63) is 65.7 Å². The number of ether oxygens (including phenoxy) is 1. The van der Waals surface area contributed by atoms with Crippen molar-refractivity contribution in [3.8, 4) is 0 Å². The predicted molar refractivity (Wildman–Crippen MR) is 148 cm³/mol. The molecule has 0 saturated heterocycles. The molecule has 0 aliphatic heterocycles. The average Bonchev–Trinajstić information content (AvgIpc) is 2.91. The van der Waals surface area contributed by atoms with E-state index in [0.717, 1.165) is 12.1 Å². The van der Waals surface area contributed by atoms with E-state index in [1.165, 1.54) is 11.0 Å². The number of hydrogen-bond acceptors (Lipinski definition) is 5. The first-order valence-corrected chi connectivity index (χ1v) is 13.4. The fraction of sp³-hybridized carbons (Fsp3) is 0.448. The van der Waals surface area contributed by atoms with Gasteiger partial charge in [-0.15, -0.1) is 0 Å². The molecule has 0 aromatic heterocycles. The molecule has 2 aromatic carbocycles. The van der Waals surface area contributed by atoms with Crippen LogP contribution in [0.1, 0.15) is 56.0 Å². The number of benzene rings is 2. The zero-order valence-electron chi connectivity index (χ0n) is 23.5. The molecule has 4 N–H and O–H groups in total. The van der Waals surface area contributed by atoms with Gasteiger partial charge in [-0.3, -0.25) is 14.9 Å². The van der Waals surface area contributed by atoms with Gasteiger partial charge in [0, 0.05) is 34.8 Å². The minimum atomic E-state index is -4.62. The number of nitrogens with zero attached hydrogens (tertiary/aromatic N) is 1. The van der Waals surface area contributed by atoms with E-state index in [1.54, 1.807) is 51.1 Å². The Bertz CT molecular complexity index is 1270. The van der Waals surface area contributed by atoms with Crippen molar-refractivity contribution in [1.82, 2.24) is 15.5 Å². The molecule has 42 heavy (non-hydrogen) atoms. The second-order valence-corrected chi connectivity index (χ2v) is 11.1. The first kappa shape index (κ1) is 32.2. The van der Waals surface area contributed by atoms with Gasteiger partial charge in [0.05, 0.1) is 18.7 Å². The van der Waals surface area contributed by atoms with Gasteiger partial charge in [0.15, 0.2) is 0 Å². The van der Waals surface area contributed by atoms with Crippen molar-refractivity contribution >= 4 is 29.7 Å². The highest BCUT2D eigenvalue weighted by Gasteiger charge is 2.40. The molecule has 3 atom stereocenters. The van der Waals surface area contributed by atoms with Gasteiger partial charge in [-0.25, -0.2) is 9.59 Å². The SMILES string of the molecule is CC(C)(C)N(C(=O)O)[C@@H]1CC[C@H](NC(=O)CNC(=O)c2cccc(C(F)(F)F)c2)[C@H](COC(=O)Nc2ccccc2)C1. The summed E-state index contributed by atoms with van der Waals surface area (Å²) in [6, 6.07) is 11.6. The normalized spacial score (nSPS) is 18.9. The monoisotopic (exact) mass is 592 g/mol. The summed E-state index contributed by atoms with van der Waals surface area (Å²) in [7, 11) is 0. The van der Waals surface area contributed by atoms with Crippen LogP contribution < -0.4 is 16.0 Å². The number of alkyl halides is 3. The lowest BCUT2D eigenvalue weighted by Crippen LogP contribution is -2.56. The van der Waals surface area contributed by atoms with Crippen molar-refractivity contribution in [2.45, 2.75) is 63.8 Å². The molecule has 1 aliphatic rings. The molecule has 4 amide bonds. The van der Waals surface area contributed by atoms with Gasteiger partial charge in [0.25, 0.3) is 5.91 Å². The zero-order valence-corrected chi connectivity index (χ0v) is 23.5. The Labute approximate surface area is 241 Å². The van der Waals surface area contributed by atoms with Crippen LogP contribution in [0.2, 0.25) is 0 Å². The summed E-state index contributed by atoms with van der Waals surface area (Å²) in [5.41, 5.74) is -1.41. The largest absolute Gasteiger partial charge is 0.465 e. The molecule has 1 aliphatic carbocycles. The van der Waals surface area contributed by atoms with Gasteiger partial charge >= 0.3 is 18.4 Å². The van der Waals surface area contributed by atoms with Crippen molar-refractivity contribution < 1.29 is 42.2 Å². The van der Waals surface area contributed by atoms with E-state index < -0.39 is 65.8 Å². The smallest absolute Gasteiger partial charge is 0.416 e. The van der Waals surface area contributed by atoms with E-state index in [1.807, 2.05) is 0 Å². The maximum Gasteiger partial charge on any atom is 0.416 e. The van der Waals surface area contributed by atoms with Crippen molar-refractivity contribution in [1.29, 1.82) is 0 Å². The number of nitrogens with one attached hydrogen (secondary N) is 3. The Balaban J connectivity index is 1.65. The second-order valence-electron chi connectivity index (χ2n) is 11.1. The summed E-state index contributed by atoms with van der Waals surface area (Å²) in [4.78, 5) is 51.0. The second kappa shape index (κ2) is 13.6. The quantitative estimate of drug-likeness (QED) is 0.336. The standard InChI is InChI=1S/C29H35F3N4O6/c1-28(2,3)36(27(40)41)22-12-13-23(19(15-22)17-42-26(39)34-21-10-5-4-6-11-21)35-24(37)16-33-25(38)18-8-7-9-20(14-18)29(30,31)32/h4-11,14,19,22-23H,12-13,15-17H2,1-3H3,(H,33,38)(H,34,39)(H,35,37)(H,40,41)/t19-,22+,23-/m0/s1. The summed E-state index contributed by atoms with van der Waals surface area (Å²) in [5, 5.41) is 17.6. The summed E-state index contributed by atoms with van der Waals surface area (Å²) < 4.78 is 44.4. The fourth-order valence-corrected chi connectivity index (χ4v) is 5.05. The van der Waals surface area contributed by atoms with Crippen LogP contribution in [0.5, 0.6) is 0 Å². The number of rotatable bonds is 8. The number of halogens is 3. The van der Waals surface area contributed by atoms with Crippen LogP contribution >= 0.6 is 0 Å². The van der Waals surface area contributed by atoms with Gasteiger partial charge < -0.3 is 25.4 Å². The van der Waals surface area contributed by atoms with E-state index in [0.29, 0.717) is 31.0 Å². The maximum atomic E-state index is 13.0. The Morgan fingerprint density at radius 3 is 2.31 bits per heavy atom. The third-order valence-electron chi connectivity index (χ3n) is 6.91. The van der Waals surface area contributed by atoms with Crippen molar-refractivity contribution in [2.75, 3.05) is 18.5 Å². The number of anilines is 1. The first-order valence-electron chi connectivity index (χ1n) is 13.4. The summed E-state index contributed by atoms with van der Waals surface area (Å²) >= 11 is 0. The topological polar surface area (TPSA) is 137 Å². The molecule has 1 fully saturated rings. The fourth-order valence-electron chi connectivity index (χ4n) is 5.05. The summed E-state index contributed by atoms with van der Waals surface area (Å²) in [6.45, 7) is 4.72. The Kier molecular flexibility index (Phi) is 10.4. The van der Waals surface area contributed by atoms with Crippen LogP contribution in [0.25, 0.3) is 0 Å². The average molecular weight is 593 g/mol. The number of amides is 4. The van der Waals surface area contributed by atoms with Gasteiger partial charge in [0.2, 0.25) is 5.91 Å². The number of carboxylic acid groups (broad SMARTS) is 1. The molecule has 0 unspecified atom stereocenters. The molecule has 2 aromatic rings. The van der Waals surface area contributed by atoms with E-state index in [9.17, 15) is 37.5 Å².